The van der Waals surface area contributed by atoms with Gasteiger partial charge in [-0.3, -0.25) is 0 Å². The van der Waals surface area contributed by atoms with E-state index in [-0.39, 0.29) is 15.6 Å². The van der Waals surface area contributed by atoms with Crippen molar-refractivity contribution < 1.29 is 0 Å². The Morgan fingerprint density at radius 3 is 1.73 bits per heavy atom. The lowest BCUT2D eigenvalue weighted by Gasteiger charge is -2.28. The Bertz CT molecular complexity index is 1040. The second kappa shape index (κ2) is 10.4. The highest BCUT2D eigenvalue weighted by molar-refractivity contribution is 8.04. The van der Waals surface area contributed by atoms with Crippen molar-refractivity contribution in [3.63, 3.8) is 0 Å². The molecule has 0 aliphatic rings. The predicted molar refractivity (Wildman–Crippen MR) is 147 cm³/mol. The average Bonchev–Trinajstić information content (AvgIpc) is 2.83. The molecule has 2 rings (SSSR count). The van der Waals surface area contributed by atoms with Crippen molar-refractivity contribution in [3.05, 3.63) is 70.8 Å². The molecule has 0 radical (unpaired) electrons. The molecule has 0 bridgehead atoms. The zero-order valence-corrected chi connectivity index (χ0v) is 22.5. The molecule has 3 unspecified atom stereocenters. The summed E-state index contributed by atoms with van der Waals surface area (Å²) in [5.41, 5.74) is 10.5. The third-order valence-electron chi connectivity index (χ3n) is 7.53. The predicted octanol–water partition coefficient (Wildman–Crippen LogP) is 6.40. The van der Waals surface area contributed by atoms with E-state index < -0.39 is 5.54 Å². The summed E-state index contributed by atoms with van der Waals surface area (Å²) < 4.78 is -0.199. The van der Waals surface area contributed by atoms with Gasteiger partial charge in [0, 0.05) is 4.75 Å². The molecule has 3 atom stereocenters. The second-order valence-electron chi connectivity index (χ2n) is 10.3. The Labute approximate surface area is 207 Å². The van der Waals surface area contributed by atoms with Crippen LogP contribution in [0.5, 0.6) is 0 Å². The molecule has 4 heteroatoms. The van der Waals surface area contributed by atoms with E-state index in [1.165, 1.54) is 28.5 Å². The van der Waals surface area contributed by atoms with E-state index in [9.17, 15) is 5.26 Å². The fourth-order valence-electron chi connectivity index (χ4n) is 3.80. The Hall–Kier alpha value is -2.14. The van der Waals surface area contributed by atoms with Crippen molar-refractivity contribution in [2.24, 2.45) is 5.73 Å². The lowest BCUT2D eigenvalue weighted by atomic mass is 9.78. The minimum Gasteiger partial charge on any atom is -0.312 e. The van der Waals surface area contributed by atoms with Crippen molar-refractivity contribution in [2.45, 2.75) is 88.7 Å². The van der Waals surface area contributed by atoms with E-state index >= 15 is 0 Å². The standard InChI is InChI=1S/C29H39BN2S/c1-8-26(3,4)22-10-14-24(15-11-22)28(6,32)19-18-27(5,9-2)23-12-16-25(17-13-23)29(7,20-30)33-21-31/h10-17H,8-9,20,30,32H2,1-7H3. The van der Waals surface area contributed by atoms with Crippen LogP contribution in [0.2, 0.25) is 6.32 Å². The van der Waals surface area contributed by atoms with E-state index in [0.29, 0.717) is 0 Å². The number of hydrogen-bond acceptors (Lipinski definition) is 3. The van der Waals surface area contributed by atoms with Crippen LogP contribution >= 0.6 is 11.8 Å². The van der Waals surface area contributed by atoms with Gasteiger partial charge in [0.25, 0.3) is 0 Å². The van der Waals surface area contributed by atoms with Gasteiger partial charge in [-0.2, -0.15) is 5.26 Å². The van der Waals surface area contributed by atoms with E-state index in [2.05, 4.69) is 115 Å². The smallest absolute Gasteiger partial charge is 0.134 e. The SMILES string of the molecule is BCC(C)(SC#N)c1ccc(C(C)(C#CC(C)(N)c2ccc(C(C)(C)CC)cc2)CC)cc1. The number of hydrogen-bond donors (Lipinski definition) is 1. The first kappa shape index (κ1) is 27.1. The summed E-state index contributed by atoms with van der Waals surface area (Å²) in [5, 5.41) is 11.5. The quantitative estimate of drug-likeness (QED) is 0.283. The number of thiocyanates is 1. The highest BCUT2D eigenvalue weighted by Gasteiger charge is 2.28. The molecule has 0 fully saturated rings. The second-order valence-corrected chi connectivity index (χ2v) is 11.6. The molecule has 0 aliphatic carbocycles. The third-order valence-corrected chi connectivity index (χ3v) is 8.60. The average molecular weight is 459 g/mol. The molecule has 0 aliphatic heterocycles. The highest BCUT2D eigenvalue weighted by Crippen LogP contribution is 2.39. The van der Waals surface area contributed by atoms with E-state index in [0.717, 1.165) is 24.7 Å². The molecule has 33 heavy (non-hydrogen) atoms. The molecule has 174 valence electrons. The van der Waals surface area contributed by atoms with E-state index in [4.69, 9.17) is 5.73 Å². The van der Waals surface area contributed by atoms with Crippen LogP contribution in [0, 0.1) is 22.5 Å². The first-order chi connectivity index (χ1) is 15.4. The molecule has 0 aromatic heterocycles. The molecule has 0 spiro atoms. The first-order valence-electron chi connectivity index (χ1n) is 12.0. The van der Waals surface area contributed by atoms with Crippen LogP contribution in [0.1, 0.15) is 83.6 Å². The molecule has 0 saturated heterocycles. The lowest BCUT2D eigenvalue weighted by molar-refractivity contribution is 0.505. The van der Waals surface area contributed by atoms with Crippen molar-refractivity contribution in [3.8, 4) is 17.2 Å². The number of nitrogens with two attached hydrogens (primary N) is 1. The van der Waals surface area contributed by atoms with Crippen molar-refractivity contribution in [2.75, 3.05) is 0 Å². The van der Waals surface area contributed by atoms with Crippen LogP contribution in [0.25, 0.3) is 0 Å². The Balaban J connectivity index is 2.35. The molecule has 2 N–H and O–H groups in total. The first-order valence-corrected chi connectivity index (χ1v) is 12.8. The summed E-state index contributed by atoms with van der Waals surface area (Å²) >= 11 is 1.33. The van der Waals surface area contributed by atoms with Crippen LogP contribution in [0.15, 0.2) is 48.5 Å². The minimum absolute atomic E-state index is 0.155. The minimum atomic E-state index is -0.727. The van der Waals surface area contributed by atoms with Gasteiger partial charge in [0.2, 0.25) is 0 Å². The maximum atomic E-state index is 9.21. The Morgan fingerprint density at radius 1 is 0.788 bits per heavy atom. The topological polar surface area (TPSA) is 49.8 Å². The molecule has 0 amide bonds. The molecule has 0 saturated carbocycles. The summed E-state index contributed by atoms with van der Waals surface area (Å²) in [4.78, 5) is 0. The maximum Gasteiger partial charge on any atom is 0.134 e. The molecule has 2 aromatic rings. The van der Waals surface area contributed by atoms with Gasteiger partial charge in [-0.25, -0.2) is 0 Å². The fraction of sp³-hybridized carbons (Fsp3) is 0.483. The summed E-state index contributed by atoms with van der Waals surface area (Å²) in [6.45, 7) is 15.2. The third kappa shape index (κ3) is 6.06. The maximum absolute atomic E-state index is 9.21. The van der Waals surface area contributed by atoms with E-state index in [1.807, 2.05) is 6.92 Å². The van der Waals surface area contributed by atoms with Gasteiger partial charge in [0.05, 0.1) is 5.41 Å². The van der Waals surface area contributed by atoms with Crippen LogP contribution < -0.4 is 5.73 Å². The summed E-state index contributed by atoms with van der Waals surface area (Å²) in [6, 6.07) is 17.2. The van der Waals surface area contributed by atoms with Crippen molar-refractivity contribution in [1.29, 1.82) is 5.26 Å². The van der Waals surface area contributed by atoms with Gasteiger partial charge in [0.15, 0.2) is 0 Å². The van der Waals surface area contributed by atoms with Gasteiger partial charge in [-0.15, -0.1) is 0 Å². The zero-order valence-electron chi connectivity index (χ0n) is 21.7. The number of benzene rings is 2. The highest BCUT2D eigenvalue weighted by atomic mass is 32.2. The van der Waals surface area contributed by atoms with Gasteiger partial charge >= 0.3 is 0 Å². The summed E-state index contributed by atoms with van der Waals surface area (Å²) in [5.74, 6) is 6.92. The van der Waals surface area contributed by atoms with Crippen LogP contribution in [0.3, 0.4) is 0 Å². The van der Waals surface area contributed by atoms with Gasteiger partial charge in [0.1, 0.15) is 18.8 Å². The number of nitriles is 1. The molecular weight excluding hydrogens is 419 g/mol. The van der Waals surface area contributed by atoms with Crippen LogP contribution in [0.4, 0.5) is 0 Å². The zero-order chi connectivity index (χ0) is 24.9. The van der Waals surface area contributed by atoms with E-state index in [1.54, 1.807) is 0 Å². The molecule has 0 heterocycles. The monoisotopic (exact) mass is 458 g/mol. The number of rotatable bonds is 8. The van der Waals surface area contributed by atoms with Crippen molar-refractivity contribution >= 4 is 19.6 Å². The molecule has 2 nitrogen and oxygen atoms in total. The Kier molecular flexibility index (Phi) is 8.56. The van der Waals surface area contributed by atoms with Crippen LogP contribution in [-0.4, -0.2) is 7.85 Å². The number of nitrogens with zero attached hydrogens (tertiary/aromatic N) is 1. The molecule has 2 aromatic carbocycles. The lowest BCUT2D eigenvalue weighted by Crippen LogP contribution is -2.32. The number of thioether (sulfide) groups is 1. The largest absolute Gasteiger partial charge is 0.312 e. The summed E-state index contributed by atoms with van der Waals surface area (Å²) in [7, 11) is 2.12. The fourth-order valence-corrected chi connectivity index (χ4v) is 4.40. The Morgan fingerprint density at radius 2 is 1.27 bits per heavy atom. The summed E-state index contributed by atoms with van der Waals surface area (Å²) in [6.07, 6.45) is 2.87. The van der Waals surface area contributed by atoms with Gasteiger partial charge in [-0.05, 0) is 73.0 Å². The van der Waals surface area contributed by atoms with Crippen LogP contribution in [-0.2, 0) is 21.1 Å². The van der Waals surface area contributed by atoms with Crippen molar-refractivity contribution in [1.82, 2.24) is 0 Å². The molecular formula is C29H39BN2S. The normalized spacial score (nSPS) is 16.9. The van der Waals surface area contributed by atoms with Gasteiger partial charge < -0.3 is 5.73 Å². The van der Waals surface area contributed by atoms with Gasteiger partial charge in [-0.1, -0.05) is 94.4 Å².